The molecule has 3 aromatic carbocycles. The van der Waals surface area contributed by atoms with Gasteiger partial charge in [-0.15, -0.1) is 0 Å². The molecule has 0 nitrogen and oxygen atoms in total. The van der Waals surface area contributed by atoms with Crippen molar-refractivity contribution >= 4 is 10.8 Å². The number of unbranched alkanes of at least 4 members (excludes halogenated alkanes) is 2. The summed E-state index contributed by atoms with van der Waals surface area (Å²) in [4.78, 5) is 0. The van der Waals surface area contributed by atoms with Crippen molar-refractivity contribution in [2.75, 3.05) is 0 Å². The number of hydrogen-bond donors (Lipinski definition) is 0. The Labute approximate surface area is 185 Å². The minimum absolute atomic E-state index is 0.355. The van der Waals surface area contributed by atoms with E-state index in [1.54, 1.807) is 12.1 Å². The summed E-state index contributed by atoms with van der Waals surface area (Å²) in [6.45, 7) is 2.28. The topological polar surface area (TPSA) is 0 Å². The zero-order chi connectivity index (χ0) is 21.6. The summed E-state index contributed by atoms with van der Waals surface area (Å²) in [7, 11) is 0. The van der Waals surface area contributed by atoms with Crippen LogP contribution < -0.4 is 0 Å². The van der Waals surface area contributed by atoms with Gasteiger partial charge in [-0.25, -0.2) is 8.78 Å². The molecule has 0 unspecified atom stereocenters. The number of hydrogen-bond acceptors (Lipinski definition) is 0. The van der Waals surface area contributed by atoms with Crippen molar-refractivity contribution in [3.8, 4) is 0 Å². The third-order valence-electron chi connectivity index (χ3n) is 7.19. The Balaban J connectivity index is 1.30. The van der Waals surface area contributed by atoms with Crippen LogP contribution in [0.5, 0.6) is 0 Å². The maximum atomic E-state index is 13.9. The first-order valence-corrected chi connectivity index (χ1v) is 12.1. The largest absolute Gasteiger partial charge is 0.204 e. The molecule has 0 N–H and O–H groups in total. The Morgan fingerprint density at radius 1 is 0.774 bits per heavy atom. The van der Waals surface area contributed by atoms with Gasteiger partial charge < -0.3 is 0 Å². The molecule has 0 radical (unpaired) electrons. The predicted octanol–water partition coefficient (Wildman–Crippen LogP) is 8.76. The zero-order valence-corrected chi connectivity index (χ0v) is 18.7. The molecule has 0 atom stereocenters. The van der Waals surface area contributed by atoms with Gasteiger partial charge in [-0.3, -0.25) is 0 Å². The van der Waals surface area contributed by atoms with E-state index in [4.69, 9.17) is 0 Å². The Kier molecular flexibility index (Phi) is 7.37. The molecule has 1 fully saturated rings. The standard InChI is InChI=1S/C29H34F2/c1-2-3-4-5-21-8-13-24(14-9-21)25-15-10-22(11-16-25)6-7-23-12-18-27-26(20-23)17-19-28(30)29(27)31/h10-12,15-21,24H,2-9,13-14H2,1H3. The summed E-state index contributed by atoms with van der Waals surface area (Å²) in [6, 6.07) is 17.7. The summed E-state index contributed by atoms with van der Waals surface area (Å²) < 4.78 is 27.3. The van der Waals surface area contributed by atoms with Crippen LogP contribution in [0.15, 0.2) is 54.6 Å². The number of rotatable bonds is 8. The Morgan fingerprint density at radius 2 is 1.48 bits per heavy atom. The first kappa shape index (κ1) is 22.0. The van der Waals surface area contributed by atoms with E-state index < -0.39 is 11.6 Å². The van der Waals surface area contributed by atoms with Crippen LogP contribution >= 0.6 is 0 Å². The minimum atomic E-state index is -0.787. The highest BCUT2D eigenvalue weighted by molar-refractivity contribution is 5.83. The summed E-state index contributed by atoms with van der Waals surface area (Å²) in [6.07, 6.45) is 12.9. The van der Waals surface area contributed by atoms with Crippen molar-refractivity contribution in [1.82, 2.24) is 0 Å². The van der Waals surface area contributed by atoms with Crippen LogP contribution in [0.3, 0.4) is 0 Å². The lowest BCUT2D eigenvalue weighted by Crippen LogP contribution is -2.13. The van der Waals surface area contributed by atoms with Crippen molar-refractivity contribution in [2.45, 2.75) is 77.0 Å². The van der Waals surface area contributed by atoms with Gasteiger partial charge in [-0.2, -0.15) is 0 Å². The van der Waals surface area contributed by atoms with Crippen molar-refractivity contribution in [2.24, 2.45) is 5.92 Å². The quantitative estimate of drug-likeness (QED) is 0.319. The van der Waals surface area contributed by atoms with E-state index >= 15 is 0 Å². The maximum absolute atomic E-state index is 13.9. The fourth-order valence-electron chi connectivity index (χ4n) is 5.18. The van der Waals surface area contributed by atoms with Crippen molar-refractivity contribution in [3.63, 3.8) is 0 Å². The lowest BCUT2D eigenvalue weighted by atomic mass is 9.77. The summed E-state index contributed by atoms with van der Waals surface area (Å²) in [5.74, 6) is 0.140. The van der Waals surface area contributed by atoms with Gasteiger partial charge in [0.25, 0.3) is 0 Å². The van der Waals surface area contributed by atoms with Crippen LogP contribution in [0.4, 0.5) is 8.78 Å². The Morgan fingerprint density at radius 3 is 2.23 bits per heavy atom. The summed E-state index contributed by atoms with van der Waals surface area (Å²) in [5.41, 5.74) is 3.99. The van der Waals surface area contributed by atoms with E-state index in [2.05, 4.69) is 31.2 Å². The first-order chi connectivity index (χ1) is 15.1. The minimum Gasteiger partial charge on any atom is -0.204 e. The molecule has 0 aliphatic heterocycles. The maximum Gasteiger partial charge on any atom is 0.166 e. The smallest absolute Gasteiger partial charge is 0.166 e. The third kappa shape index (κ3) is 5.53. The van der Waals surface area contributed by atoms with Gasteiger partial charge in [-0.1, -0.05) is 81.1 Å². The summed E-state index contributed by atoms with van der Waals surface area (Å²) >= 11 is 0. The van der Waals surface area contributed by atoms with E-state index in [0.29, 0.717) is 5.39 Å². The Hall–Kier alpha value is -2.22. The fraction of sp³-hybridized carbons (Fsp3) is 0.448. The van der Waals surface area contributed by atoms with E-state index in [0.717, 1.165) is 35.6 Å². The van der Waals surface area contributed by atoms with E-state index in [9.17, 15) is 8.78 Å². The number of halogens is 2. The van der Waals surface area contributed by atoms with Crippen LogP contribution in [-0.4, -0.2) is 0 Å². The van der Waals surface area contributed by atoms with Crippen LogP contribution in [0.1, 0.15) is 80.9 Å². The lowest BCUT2D eigenvalue weighted by molar-refractivity contribution is 0.303. The van der Waals surface area contributed by atoms with Crippen LogP contribution in [0.2, 0.25) is 0 Å². The fourth-order valence-corrected chi connectivity index (χ4v) is 5.18. The Bertz CT molecular complexity index is 982. The molecule has 164 valence electrons. The van der Waals surface area contributed by atoms with Gasteiger partial charge in [0.2, 0.25) is 0 Å². The molecule has 1 aliphatic rings. The second-order valence-electron chi connectivity index (χ2n) is 9.37. The number of fused-ring (bicyclic) bond motifs is 1. The normalized spacial score (nSPS) is 19.1. The van der Waals surface area contributed by atoms with Gasteiger partial charge >= 0.3 is 0 Å². The van der Waals surface area contributed by atoms with Gasteiger partial charge in [0.05, 0.1) is 0 Å². The van der Waals surface area contributed by atoms with Crippen LogP contribution in [-0.2, 0) is 12.8 Å². The molecule has 2 heteroatoms. The van der Waals surface area contributed by atoms with E-state index in [1.165, 1.54) is 68.6 Å². The van der Waals surface area contributed by atoms with Gasteiger partial charge in [0.15, 0.2) is 11.6 Å². The highest BCUT2D eigenvalue weighted by atomic mass is 19.2. The average molecular weight is 421 g/mol. The highest BCUT2D eigenvalue weighted by Crippen LogP contribution is 2.37. The van der Waals surface area contributed by atoms with Gasteiger partial charge in [-0.05, 0) is 78.5 Å². The molecule has 0 amide bonds. The molecule has 0 heterocycles. The van der Waals surface area contributed by atoms with Crippen LogP contribution in [0, 0.1) is 17.6 Å². The monoisotopic (exact) mass is 420 g/mol. The number of benzene rings is 3. The molecule has 0 spiro atoms. The van der Waals surface area contributed by atoms with Gasteiger partial charge in [0, 0.05) is 5.39 Å². The molecular formula is C29H34F2. The predicted molar refractivity (Wildman–Crippen MR) is 127 cm³/mol. The molecule has 0 bridgehead atoms. The zero-order valence-electron chi connectivity index (χ0n) is 18.7. The van der Waals surface area contributed by atoms with E-state index in [1.807, 2.05) is 12.1 Å². The lowest BCUT2D eigenvalue weighted by Gasteiger charge is -2.29. The molecule has 1 saturated carbocycles. The molecule has 1 aliphatic carbocycles. The number of aryl methyl sites for hydroxylation is 2. The molecular weight excluding hydrogens is 386 g/mol. The second-order valence-corrected chi connectivity index (χ2v) is 9.37. The van der Waals surface area contributed by atoms with Crippen molar-refractivity contribution in [3.05, 3.63) is 82.9 Å². The van der Waals surface area contributed by atoms with Gasteiger partial charge in [0.1, 0.15) is 0 Å². The second kappa shape index (κ2) is 10.4. The van der Waals surface area contributed by atoms with E-state index in [-0.39, 0.29) is 0 Å². The van der Waals surface area contributed by atoms with Crippen LogP contribution in [0.25, 0.3) is 10.8 Å². The molecule has 3 aromatic rings. The summed E-state index contributed by atoms with van der Waals surface area (Å²) in [5, 5.41) is 1.12. The molecule has 0 saturated heterocycles. The van der Waals surface area contributed by atoms with Crippen molar-refractivity contribution < 1.29 is 8.78 Å². The third-order valence-corrected chi connectivity index (χ3v) is 7.19. The molecule has 31 heavy (non-hydrogen) atoms. The average Bonchev–Trinajstić information content (AvgIpc) is 2.81. The first-order valence-electron chi connectivity index (χ1n) is 12.1. The highest BCUT2D eigenvalue weighted by Gasteiger charge is 2.22. The molecule has 4 rings (SSSR count). The SMILES string of the molecule is CCCCCC1CCC(c2ccc(CCc3ccc4c(F)c(F)ccc4c3)cc2)CC1. The van der Waals surface area contributed by atoms with Crippen molar-refractivity contribution in [1.29, 1.82) is 0 Å². The molecule has 0 aromatic heterocycles.